The molecule has 1 amide bonds. The predicted octanol–water partition coefficient (Wildman–Crippen LogP) is 1.66. The van der Waals surface area contributed by atoms with Crippen LogP contribution in [0.1, 0.15) is 31.7 Å². The summed E-state index contributed by atoms with van der Waals surface area (Å²) in [6.45, 7) is 2.99. The molecule has 0 aliphatic heterocycles. The van der Waals surface area contributed by atoms with Crippen molar-refractivity contribution in [2.24, 2.45) is 0 Å². The topological polar surface area (TPSA) is 113 Å². The number of carbonyl (C=O) groups excluding carboxylic acids is 2. The first-order valence-corrected chi connectivity index (χ1v) is 11.3. The number of hydrogen-bond acceptors (Lipinski definition) is 5. The molecule has 0 fully saturated rings. The summed E-state index contributed by atoms with van der Waals surface area (Å²) in [5.74, 6) is -2.19. The monoisotopic (exact) mass is 421 g/mol. The molecule has 2 atom stereocenters. The number of rotatable bonds is 6. The second kappa shape index (κ2) is 8.25. The van der Waals surface area contributed by atoms with E-state index in [2.05, 4.69) is 5.32 Å². The SMILES string of the molecule is CCC(C(=O)O[As](=O)(O)c1ccc(O)cc1NC(C)=O)c1ccccc1. The van der Waals surface area contributed by atoms with E-state index in [1.807, 2.05) is 0 Å². The van der Waals surface area contributed by atoms with E-state index in [4.69, 9.17) is 3.73 Å². The van der Waals surface area contributed by atoms with E-state index in [1.54, 1.807) is 37.3 Å². The van der Waals surface area contributed by atoms with Crippen LogP contribution in [0.5, 0.6) is 5.75 Å². The van der Waals surface area contributed by atoms with Crippen molar-refractivity contribution in [3.63, 3.8) is 0 Å². The van der Waals surface area contributed by atoms with Crippen LogP contribution in [0.15, 0.2) is 48.5 Å². The Bertz CT molecular complexity index is 852. The second-order valence-electron chi connectivity index (χ2n) is 5.68. The van der Waals surface area contributed by atoms with E-state index in [0.717, 1.165) is 12.1 Å². The normalized spacial score (nSPS) is 14.1. The number of phenolic OH excluding ortho intramolecular Hbond substituents is 1. The van der Waals surface area contributed by atoms with Gasteiger partial charge in [-0.2, -0.15) is 0 Å². The number of anilines is 1. The summed E-state index contributed by atoms with van der Waals surface area (Å²) < 4.78 is 27.9. The molecule has 0 aliphatic rings. The average molecular weight is 421 g/mol. The van der Waals surface area contributed by atoms with Gasteiger partial charge in [0, 0.05) is 0 Å². The Morgan fingerprint density at radius 2 is 1.85 bits per heavy atom. The first kappa shape index (κ1) is 19.8. The molecular weight excluding hydrogens is 401 g/mol. The molecule has 0 saturated carbocycles. The van der Waals surface area contributed by atoms with Crippen molar-refractivity contribution in [1.82, 2.24) is 0 Å². The molecule has 0 heterocycles. The average Bonchev–Trinajstić information content (AvgIpc) is 2.55. The van der Waals surface area contributed by atoms with Gasteiger partial charge in [0.1, 0.15) is 0 Å². The molecule has 0 saturated heterocycles. The fraction of sp³-hybridized carbons (Fsp3) is 0.222. The molecular formula is C18H20AsNO6. The van der Waals surface area contributed by atoms with Gasteiger partial charge in [-0.3, -0.25) is 0 Å². The number of phenols is 1. The maximum absolute atomic E-state index is 12.7. The van der Waals surface area contributed by atoms with Gasteiger partial charge in [-0.1, -0.05) is 0 Å². The molecule has 3 N–H and O–H groups in total. The van der Waals surface area contributed by atoms with Gasteiger partial charge in [0.2, 0.25) is 0 Å². The number of aromatic hydroxyl groups is 1. The molecule has 0 radical (unpaired) electrons. The number of hydrogen-bond donors (Lipinski definition) is 3. The van der Waals surface area contributed by atoms with Crippen LogP contribution in [0.4, 0.5) is 5.69 Å². The van der Waals surface area contributed by atoms with Gasteiger partial charge >= 0.3 is 154 Å². The van der Waals surface area contributed by atoms with Crippen molar-refractivity contribution < 1.29 is 26.3 Å². The number of amides is 1. The molecule has 0 aromatic heterocycles. The van der Waals surface area contributed by atoms with Crippen LogP contribution in [-0.2, 0) is 17.1 Å². The van der Waals surface area contributed by atoms with Crippen LogP contribution < -0.4 is 9.67 Å². The van der Waals surface area contributed by atoms with Gasteiger partial charge in [0.25, 0.3) is 0 Å². The third-order valence-corrected chi connectivity index (χ3v) is 6.70. The molecule has 2 aromatic carbocycles. The molecule has 138 valence electrons. The van der Waals surface area contributed by atoms with Crippen LogP contribution in [0, 0.1) is 0 Å². The van der Waals surface area contributed by atoms with Crippen LogP contribution in [0.2, 0.25) is 0 Å². The summed E-state index contributed by atoms with van der Waals surface area (Å²) in [6.07, 6.45) is 0.396. The number of benzene rings is 2. The Morgan fingerprint density at radius 1 is 1.19 bits per heavy atom. The fourth-order valence-corrected chi connectivity index (χ4v) is 4.95. The predicted molar refractivity (Wildman–Crippen MR) is 96.3 cm³/mol. The van der Waals surface area contributed by atoms with Gasteiger partial charge < -0.3 is 0 Å². The molecule has 2 rings (SSSR count). The summed E-state index contributed by atoms with van der Waals surface area (Å²) in [6, 6.07) is 12.3. The molecule has 2 unspecified atom stereocenters. The first-order chi connectivity index (χ1) is 12.2. The van der Waals surface area contributed by atoms with Crippen molar-refractivity contribution in [3.05, 3.63) is 54.1 Å². The van der Waals surface area contributed by atoms with Crippen LogP contribution >= 0.6 is 0 Å². The van der Waals surface area contributed by atoms with Crippen LogP contribution in [0.25, 0.3) is 0 Å². The van der Waals surface area contributed by atoms with E-state index in [9.17, 15) is 22.5 Å². The van der Waals surface area contributed by atoms with Gasteiger partial charge in [0.15, 0.2) is 0 Å². The van der Waals surface area contributed by atoms with Crippen molar-refractivity contribution in [1.29, 1.82) is 0 Å². The summed E-state index contributed by atoms with van der Waals surface area (Å²) in [7, 11) is 0. The van der Waals surface area contributed by atoms with E-state index in [1.165, 1.54) is 13.0 Å². The zero-order valence-corrected chi connectivity index (χ0v) is 16.3. The van der Waals surface area contributed by atoms with Gasteiger partial charge in [-0.15, -0.1) is 0 Å². The zero-order chi connectivity index (χ0) is 19.3. The molecule has 8 heteroatoms. The van der Waals surface area contributed by atoms with E-state index < -0.39 is 32.0 Å². The van der Waals surface area contributed by atoms with Crippen molar-refractivity contribution in [2.75, 3.05) is 5.32 Å². The third kappa shape index (κ3) is 4.77. The van der Waals surface area contributed by atoms with Crippen molar-refractivity contribution >= 4 is 36.1 Å². The van der Waals surface area contributed by atoms with E-state index in [-0.39, 0.29) is 15.8 Å². The standard InChI is InChI=1S/C18H20AsNO6/c1-3-15(13-7-5-4-6-8-13)18(23)26-19(24,25)16-10-9-14(22)11-17(16)20-12(2)21/h4-11,15,22H,3H2,1-2H3,(H,20,21)(H,24,25). The zero-order valence-electron chi connectivity index (χ0n) is 14.4. The van der Waals surface area contributed by atoms with Crippen molar-refractivity contribution in [2.45, 2.75) is 26.2 Å². The van der Waals surface area contributed by atoms with Gasteiger partial charge in [-0.05, 0) is 0 Å². The third-order valence-electron chi connectivity index (χ3n) is 3.70. The van der Waals surface area contributed by atoms with Gasteiger partial charge in [-0.25, -0.2) is 0 Å². The Morgan fingerprint density at radius 3 is 2.42 bits per heavy atom. The summed E-state index contributed by atoms with van der Waals surface area (Å²) >= 11 is -5.31. The van der Waals surface area contributed by atoms with E-state index >= 15 is 0 Å². The Hall–Kier alpha value is -2.50. The maximum atomic E-state index is 12.7. The number of carbonyl (C=O) groups is 2. The van der Waals surface area contributed by atoms with Crippen LogP contribution in [-0.4, -0.2) is 35.3 Å². The van der Waals surface area contributed by atoms with Crippen molar-refractivity contribution in [3.8, 4) is 5.75 Å². The molecule has 0 bridgehead atoms. The molecule has 2 aromatic rings. The number of nitrogens with one attached hydrogen (secondary N) is 1. The summed E-state index contributed by atoms with van der Waals surface area (Å²) in [5, 5.41) is 11.9. The minimum atomic E-state index is -5.31. The Balaban J connectivity index is 2.32. The molecule has 0 aliphatic carbocycles. The Kier molecular flexibility index (Phi) is 6.29. The first-order valence-electron chi connectivity index (χ1n) is 7.97. The molecule has 0 spiro atoms. The van der Waals surface area contributed by atoms with E-state index in [0.29, 0.717) is 12.0 Å². The quantitative estimate of drug-likeness (QED) is 0.612. The second-order valence-corrected chi connectivity index (χ2v) is 9.26. The fourth-order valence-electron chi connectivity index (χ4n) is 2.52. The Labute approximate surface area is 154 Å². The summed E-state index contributed by atoms with van der Waals surface area (Å²) in [5.41, 5.74) is 0.617. The van der Waals surface area contributed by atoms with Gasteiger partial charge in [0.05, 0.1) is 0 Å². The van der Waals surface area contributed by atoms with Crippen LogP contribution in [0.3, 0.4) is 0 Å². The molecule has 7 nitrogen and oxygen atoms in total. The molecule has 26 heavy (non-hydrogen) atoms. The summed E-state index contributed by atoms with van der Waals surface area (Å²) in [4.78, 5) is 23.8. The minimum absolute atomic E-state index is 0.0666.